The molecule has 3 aromatic rings. The van der Waals surface area contributed by atoms with Gasteiger partial charge in [-0.25, -0.2) is 0 Å². The highest BCUT2D eigenvalue weighted by Gasteiger charge is 2.22. The summed E-state index contributed by atoms with van der Waals surface area (Å²) in [5.74, 6) is 0. The molecule has 0 aliphatic carbocycles. The lowest BCUT2D eigenvalue weighted by molar-refractivity contribution is 0.503. The third-order valence-corrected chi connectivity index (χ3v) is 9.53. The summed E-state index contributed by atoms with van der Waals surface area (Å²) in [6.45, 7) is 36.9. The first-order valence-electron chi connectivity index (χ1n) is 17.7. The van der Waals surface area contributed by atoms with Gasteiger partial charge in [-0.05, 0) is 143 Å². The molecule has 0 amide bonds. The molecule has 0 aliphatic heterocycles. The van der Waals surface area contributed by atoms with Crippen molar-refractivity contribution in [3.8, 4) is 0 Å². The van der Waals surface area contributed by atoms with Crippen molar-refractivity contribution < 1.29 is 0 Å². The van der Waals surface area contributed by atoms with Crippen LogP contribution in [-0.4, -0.2) is 0 Å². The van der Waals surface area contributed by atoms with Crippen LogP contribution in [0.5, 0.6) is 0 Å². The molecule has 264 valence electrons. The van der Waals surface area contributed by atoms with Gasteiger partial charge in [0, 0.05) is 32.9 Å². The van der Waals surface area contributed by atoms with E-state index in [2.05, 4.69) is 214 Å². The van der Waals surface area contributed by atoms with Crippen molar-refractivity contribution in [2.75, 3.05) is 9.80 Å². The van der Waals surface area contributed by atoms with Gasteiger partial charge in [-0.1, -0.05) is 119 Å². The lowest BCUT2D eigenvalue weighted by Crippen LogP contribution is -2.20. The number of allylic oxidation sites excluding steroid dienone is 8. The van der Waals surface area contributed by atoms with Gasteiger partial charge in [-0.2, -0.15) is 0 Å². The Balaban J connectivity index is 0.000000924. The molecule has 0 radical (unpaired) electrons. The average Bonchev–Trinajstić information content (AvgIpc) is 3.02. The van der Waals surface area contributed by atoms with Crippen LogP contribution in [0.3, 0.4) is 0 Å². The molecule has 0 saturated carbocycles. The standard InChI is InChI=1S/C38H47BrN2.C8H16/c1-12-32(13-2)40(36-22-16-31(39)25-27(36)6)34-18-20-35(21-19-34)41(33(14-3)17-15-26(4)5)37-28(7)23-30(24-29(37)8)38(9,10)11;1-6-7(2)8(3,4)5/h12,14-25H,4,13H2,1-3,5-11H3;6H,1-5H3/b17-15-,32-12-,33-14+;7-6+. The number of halogens is 1. The van der Waals surface area contributed by atoms with E-state index in [0.717, 1.165) is 33.5 Å². The number of hydrogen-bond acceptors (Lipinski definition) is 2. The van der Waals surface area contributed by atoms with Crippen LogP contribution in [0.25, 0.3) is 0 Å². The van der Waals surface area contributed by atoms with Gasteiger partial charge < -0.3 is 9.80 Å². The highest BCUT2D eigenvalue weighted by atomic mass is 79.9. The Kier molecular flexibility index (Phi) is 15.2. The van der Waals surface area contributed by atoms with Crippen LogP contribution in [0.15, 0.2) is 119 Å². The number of aryl methyl sites for hydroxylation is 3. The molecule has 0 heterocycles. The summed E-state index contributed by atoms with van der Waals surface area (Å²) in [7, 11) is 0. The molecule has 0 bridgehead atoms. The molecule has 3 rings (SSSR count). The first kappa shape index (κ1) is 41.6. The van der Waals surface area contributed by atoms with E-state index in [0.29, 0.717) is 5.41 Å². The van der Waals surface area contributed by atoms with Gasteiger partial charge in [0.15, 0.2) is 0 Å². The van der Waals surface area contributed by atoms with E-state index in [1.54, 1.807) is 0 Å². The fraction of sp³-hybridized carbons (Fsp3) is 0.391. The molecule has 0 atom stereocenters. The zero-order valence-electron chi connectivity index (χ0n) is 33.3. The zero-order chi connectivity index (χ0) is 37.3. The van der Waals surface area contributed by atoms with Crippen molar-refractivity contribution in [1.29, 1.82) is 0 Å². The van der Waals surface area contributed by atoms with Crippen LogP contribution in [0.2, 0.25) is 0 Å². The van der Waals surface area contributed by atoms with Crippen LogP contribution in [0, 0.1) is 26.2 Å². The topological polar surface area (TPSA) is 6.48 Å². The number of hydrogen-bond donors (Lipinski definition) is 0. The average molecular weight is 724 g/mol. The van der Waals surface area contributed by atoms with Crippen LogP contribution in [0.1, 0.15) is 112 Å². The zero-order valence-corrected chi connectivity index (χ0v) is 34.9. The largest absolute Gasteiger partial charge is 0.314 e. The fourth-order valence-electron chi connectivity index (χ4n) is 5.68. The molecule has 0 fully saturated rings. The smallest absolute Gasteiger partial charge is 0.0520 e. The van der Waals surface area contributed by atoms with Crippen LogP contribution >= 0.6 is 15.9 Å². The molecule has 0 aromatic heterocycles. The highest BCUT2D eigenvalue weighted by Crippen LogP contribution is 2.41. The highest BCUT2D eigenvalue weighted by molar-refractivity contribution is 9.10. The third-order valence-electron chi connectivity index (χ3n) is 9.04. The van der Waals surface area contributed by atoms with Crippen molar-refractivity contribution in [2.24, 2.45) is 5.41 Å². The maximum absolute atomic E-state index is 4.10. The second kappa shape index (κ2) is 17.9. The Morgan fingerprint density at radius 1 is 0.714 bits per heavy atom. The number of nitrogens with zero attached hydrogens (tertiary/aromatic N) is 2. The summed E-state index contributed by atoms with van der Waals surface area (Å²) in [6.07, 6.45) is 11.7. The number of rotatable bonds is 9. The van der Waals surface area contributed by atoms with E-state index < -0.39 is 0 Å². The molecular formula is C46H63BrN2. The van der Waals surface area contributed by atoms with E-state index in [9.17, 15) is 0 Å². The normalized spacial score (nSPS) is 12.9. The van der Waals surface area contributed by atoms with Crippen molar-refractivity contribution in [3.05, 3.63) is 141 Å². The maximum Gasteiger partial charge on any atom is 0.0520 e. The van der Waals surface area contributed by atoms with Gasteiger partial charge in [-0.15, -0.1) is 0 Å². The maximum atomic E-state index is 4.10. The summed E-state index contributed by atoms with van der Waals surface area (Å²) in [5, 5.41) is 0. The lowest BCUT2D eigenvalue weighted by atomic mass is 9.84. The van der Waals surface area contributed by atoms with Crippen LogP contribution in [0.4, 0.5) is 22.7 Å². The Morgan fingerprint density at radius 3 is 1.61 bits per heavy atom. The summed E-state index contributed by atoms with van der Waals surface area (Å²) in [5.41, 5.74) is 15.1. The molecule has 0 unspecified atom stereocenters. The van der Waals surface area contributed by atoms with Crippen LogP contribution < -0.4 is 9.80 Å². The van der Waals surface area contributed by atoms with Gasteiger partial charge in [-0.3, -0.25) is 0 Å². The summed E-state index contributed by atoms with van der Waals surface area (Å²) < 4.78 is 1.09. The molecule has 3 heteroatoms. The summed E-state index contributed by atoms with van der Waals surface area (Å²) in [4.78, 5) is 4.76. The summed E-state index contributed by atoms with van der Waals surface area (Å²) in [6, 6.07) is 20.2. The SMILES string of the molecule is C/C=C(\C)C(C)(C)C.C=C(C)/C=C\C(=C/C)N(c1ccc(N(/C(=C\C)CC)c2ccc(Br)cc2C)cc1)c1c(C)cc(C(C)(C)C)cc1C. The van der Waals surface area contributed by atoms with Crippen LogP contribution in [-0.2, 0) is 5.41 Å². The Morgan fingerprint density at radius 2 is 1.24 bits per heavy atom. The van der Waals surface area contributed by atoms with Gasteiger partial charge in [0.1, 0.15) is 0 Å². The fourth-order valence-corrected chi connectivity index (χ4v) is 6.16. The third kappa shape index (κ3) is 11.2. The van der Waals surface area contributed by atoms with E-state index in [1.165, 1.54) is 44.9 Å². The second-order valence-electron chi connectivity index (χ2n) is 15.1. The molecule has 2 nitrogen and oxygen atoms in total. The first-order chi connectivity index (χ1) is 22.8. The Labute approximate surface area is 309 Å². The van der Waals surface area contributed by atoms with Crippen molar-refractivity contribution in [1.82, 2.24) is 0 Å². The molecule has 0 saturated heterocycles. The van der Waals surface area contributed by atoms with Gasteiger partial charge in [0.05, 0.1) is 5.69 Å². The van der Waals surface area contributed by atoms with Gasteiger partial charge in [0.2, 0.25) is 0 Å². The quantitative estimate of drug-likeness (QED) is 0.160. The van der Waals surface area contributed by atoms with E-state index in [1.807, 2.05) is 6.92 Å². The van der Waals surface area contributed by atoms with E-state index >= 15 is 0 Å². The van der Waals surface area contributed by atoms with Gasteiger partial charge >= 0.3 is 0 Å². The van der Waals surface area contributed by atoms with Crippen molar-refractivity contribution in [2.45, 2.75) is 116 Å². The van der Waals surface area contributed by atoms with Crippen molar-refractivity contribution in [3.63, 3.8) is 0 Å². The predicted molar refractivity (Wildman–Crippen MR) is 225 cm³/mol. The number of benzene rings is 3. The monoisotopic (exact) mass is 722 g/mol. The van der Waals surface area contributed by atoms with E-state index in [-0.39, 0.29) is 5.41 Å². The number of anilines is 4. The molecule has 0 aliphatic rings. The minimum absolute atomic E-state index is 0.0855. The van der Waals surface area contributed by atoms with E-state index in [4.69, 9.17) is 0 Å². The van der Waals surface area contributed by atoms with Gasteiger partial charge in [0.25, 0.3) is 0 Å². The predicted octanol–water partition coefficient (Wildman–Crippen LogP) is 15.3. The minimum Gasteiger partial charge on any atom is -0.314 e. The second-order valence-corrected chi connectivity index (χ2v) is 16.0. The molecule has 0 spiro atoms. The molecule has 3 aromatic carbocycles. The molecule has 49 heavy (non-hydrogen) atoms. The molecular weight excluding hydrogens is 660 g/mol. The van der Waals surface area contributed by atoms with Crippen molar-refractivity contribution >= 4 is 38.7 Å². The Bertz CT molecular complexity index is 1680. The Hall–Kier alpha value is -3.56. The first-order valence-corrected chi connectivity index (χ1v) is 18.5. The summed E-state index contributed by atoms with van der Waals surface area (Å²) >= 11 is 3.63. The minimum atomic E-state index is 0.0855. The molecule has 0 N–H and O–H groups in total. The lowest BCUT2D eigenvalue weighted by Gasteiger charge is -2.32.